The van der Waals surface area contributed by atoms with Gasteiger partial charge < -0.3 is 10.0 Å². The lowest BCUT2D eigenvalue weighted by Gasteiger charge is -2.30. The molecule has 0 saturated heterocycles. The fourth-order valence-electron chi connectivity index (χ4n) is 2.11. The fourth-order valence-corrected chi connectivity index (χ4v) is 2.46. The molecule has 0 unspecified atom stereocenters. The number of carbonyl (C=O) groups is 1. The third kappa shape index (κ3) is 4.02. The van der Waals surface area contributed by atoms with E-state index in [0.29, 0.717) is 17.4 Å². The van der Waals surface area contributed by atoms with Crippen LogP contribution in [-0.2, 0) is 0 Å². The van der Waals surface area contributed by atoms with Crippen LogP contribution < -0.4 is 0 Å². The van der Waals surface area contributed by atoms with Crippen LogP contribution in [0.25, 0.3) is 0 Å². The van der Waals surface area contributed by atoms with Crippen molar-refractivity contribution in [2.75, 3.05) is 12.4 Å². The van der Waals surface area contributed by atoms with E-state index in [2.05, 4.69) is 0 Å². The first-order chi connectivity index (χ1) is 9.04. The van der Waals surface area contributed by atoms with Gasteiger partial charge in [-0.25, -0.2) is 0 Å². The standard InChI is InChI=1S/C14H19Cl2NO2/c1-3-11(4-2)17(8-7-15)14(19)12-6-5-10(16)9-13(12)18/h5-6,9,11,18H,3-4,7-8H2,1-2H3. The van der Waals surface area contributed by atoms with Gasteiger partial charge in [-0.15, -0.1) is 11.6 Å². The van der Waals surface area contributed by atoms with E-state index in [1.165, 1.54) is 6.07 Å². The van der Waals surface area contributed by atoms with Crippen LogP contribution in [0.1, 0.15) is 37.0 Å². The molecule has 1 amide bonds. The van der Waals surface area contributed by atoms with Crippen molar-refractivity contribution in [2.24, 2.45) is 0 Å². The largest absolute Gasteiger partial charge is 0.507 e. The van der Waals surface area contributed by atoms with Crippen molar-refractivity contribution in [3.8, 4) is 5.75 Å². The van der Waals surface area contributed by atoms with Crippen molar-refractivity contribution >= 4 is 29.1 Å². The molecule has 1 rings (SSSR count). The Bertz CT molecular complexity index is 433. The smallest absolute Gasteiger partial charge is 0.257 e. The van der Waals surface area contributed by atoms with Gasteiger partial charge in [0.15, 0.2) is 0 Å². The number of benzene rings is 1. The van der Waals surface area contributed by atoms with E-state index in [1.807, 2.05) is 13.8 Å². The lowest BCUT2D eigenvalue weighted by Crippen LogP contribution is -2.41. The number of hydrogen-bond donors (Lipinski definition) is 1. The minimum Gasteiger partial charge on any atom is -0.507 e. The van der Waals surface area contributed by atoms with Gasteiger partial charge in [-0.3, -0.25) is 4.79 Å². The quantitative estimate of drug-likeness (QED) is 0.809. The van der Waals surface area contributed by atoms with Crippen LogP contribution >= 0.6 is 23.2 Å². The van der Waals surface area contributed by atoms with Crippen molar-refractivity contribution in [1.29, 1.82) is 0 Å². The molecule has 0 radical (unpaired) electrons. The van der Waals surface area contributed by atoms with Crippen molar-refractivity contribution in [1.82, 2.24) is 4.90 Å². The Hall–Kier alpha value is -0.930. The van der Waals surface area contributed by atoms with Crippen LogP contribution in [0.3, 0.4) is 0 Å². The average molecular weight is 304 g/mol. The second-order valence-corrected chi connectivity index (χ2v) is 5.13. The van der Waals surface area contributed by atoms with Crippen molar-refractivity contribution in [2.45, 2.75) is 32.7 Å². The van der Waals surface area contributed by atoms with Gasteiger partial charge in [0.25, 0.3) is 5.91 Å². The monoisotopic (exact) mass is 303 g/mol. The zero-order valence-electron chi connectivity index (χ0n) is 11.2. The Kier molecular flexibility index (Phi) is 6.46. The van der Waals surface area contributed by atoms with E-state index in [-0.39, 0.29) is 23.3 Å². The van der Waals surface area contributed by atoms with Crippen LogP contribution in [0.5, 0.6) is 5.75 Å². The molecule has 0 spiro atoms. The number of aromatic hydroxyl groups is 1. The van der Waals surface area contributed by atoms with E-state index in [9.17, 15) is 9.90 Å². The van der Waals surface area contributed by atoms with E-state index >= 15 is 0 Å². The fraction of sp³-hybridized carbons (Fsp3) is 0.500. The molecule has 0 atom stereocenters. The van der Waals surface area contributed by atoms with Gasteiger partial charge in [-0.05, 0) is 31.0 Å². The summed E-state index contributed by atoms with van der Waals surface area (Å²) in [7, 11) is 0. The minimum atomic E-state index is -0.205. The second-order valence-electron chi connectivity index (χ2n) is 4.32. The molecule has 0 fully saturated rings. The van der Waals surface area contributed by atoms with Crippen LogP contribution in [0.4, 0.5) is 0 Å². The van der Waals surface area contributed by atoms with Crippen molar-refractivity contribution in [3.05, 3.63) is 28.8 Å². The molecule has 0 aliphatic carbocycles. The van der Waals surface area contributed by atoms with E-state index in [0.717, 1.165) is 12.8 Å². The Morgan fingerprint density at radius 3 is 2.47 bits per heavy atom. The molecule has 1 N–H and O–H groups in total. The first kappa shape index (κ1) is 16.1. The van der Waals surface area contributed by atoms with Gasteiger partial charge in [-0.2, -0.15) is 0 Å². The molecule has 0 bridgehead atoms. The van der Waals surface area contributed by atoms with Crippen LogP contribution in [0, 0.1) is 0 Å². The molecule has 0 aliphatic rings. The SMILES string of the molecule is CCC(CC)N(CCCl)C(=O)c1ccc(Cl)cc1O. The third-order valence-electron chi connectivity index (χ3n) is 3.16. The van der Waals surface area contributed by atoms with Crippen LogP contribution in [0.15, 0.2) is 18.2 Å². The number of halogens is 2. The molecule has 1 aromatic rings. The number of alkyl halides is 1. The van der Waals surface area contributed by atoms with Crippen LogP contribution in [-0.4, -0.2) is 34.4 Å². The molecule has 5 heteroatoms. The normalized spacial score (nSPS) is 10.8. The summed E-state index contributed by atoms with van der Waals surface area (Å²) >= 11 is 11.5. The summed E-state index contributed by atoms with van der Waals surface area (Å²) in [5.74, 6) is 0.0721. The van der Waals surface area contributed by atoms with Crippen LogP contribution in [0.2, 0.25) is 5.02 Å². The first-order valence-corrected chi connectivity index (χ1v) is 7.31. The summed E-state index contributed by atoms with van der Waals surface area (Å²) in [6.07, 6.45) is 1.71. The lowest BCUT2D eigenvalue weighted by molar-refractivity contribution is 0.0678. The predicted molar refractivity (Wildman–Crippen MR) is 79.2 cm³/mol. The lowest BCUT2D eigenvalue weighted by atomic mass is 10.1. The van der Waals surface area contributed by atoms with Crippen molar-refractivity contribution in [3.63, 3.8) is 0 Å². The number of phenols is 1. The highest BCUT2D eigenvalue weighted by Crippen LogP contribution is 2.24. The zero-order valence-corrected chi connectivity index (χ0v) is 12.7. The topological polar surface area (TPSA) is 40.5 Å². The van der Waals surface area contributed by atoms with Gasteiger partial charge in [-0.1, -0.05) is 25.4 Å². The molecule has 3 nitrogen and oxygen atoms in total. The zero-order chi connectivity index (χ0) is 14.4. The molecule has 1 aromatic carbocycles. The van der Waals surface area contributed by atoms with E-state index in [4.69, 9.17) is 23.2 Å². The summed E-state index contributed by atoms with van der Waals surface area (Å²) in [4.78, 5) is 14.2. The number of hydrogen-bond acceptors (Lipinski definition) is 2. The van der Waals surface area contributed by atoms with E-state index in [1.54, 1.807) is 17.0 Å². The maximum Gasteiger partial charge on any atom is 0.257 e. The number of carbonyl (C=O) groups excluding carboxylic acids is 1. The highest BCUT2D eigenvalue weighted by atomic mass is 35.5. The summed E-state index contributed by atoms with van der Waals surface area (Å²) in [5, 5.41) is 10.2. The summed E-state index contributed by atoms with van der Waals surface area (Å²) in [6.45, 7) is 4.53. The van der Waals surface area contributed by atoms with Gasteiger partial charge in [0.1, 0.15) is 5.75 Å². The Balaban J connectivity index is 3.04. The highest BCUT2D eigenvalue weighted by molar-refractivity contribution is 6.30. The number of amides is 1. The third-order valence-corrected chi connectivity index (χ3v) is 3.56. The molecular weight excluding hydrogens is 285 g/mol. The summed E-state index contributed by atoms with van der Waals surface area (Å²) in [6, 6.07) is 4.64. The summed E-state index contributed by atoms with van der Waals surface area (Å²) in [5.41, 5.74) is 0.265. The van der Waals surface area contributed by atoms with Gasteiger partial charge in [0.2, 0.25) is 0 Å². The molecule has 0 aromatic heterocycles. The molecule has 0 aliphatic heterocycles. The first-order valence-electron chi connectivity index (χ1n) is 6.40. The summed E-state index contributed by atoms with van der Waals surface area (Å²) < 4.78 is 0. The number of phenolic OH excluding ortho intramolecular Hbond substituents is 1. The van der Waals surface area contributed by atoms with Gasteiger partial charge >= 0.3 is 0 Å². The number of rotatable bonds is 6. The molecule has 0 saturated carbocycles. The molecule has 0 heterocycles. The Morgan fingerprint density at radius 1 is 1.37 bits per heavy atom. The minimum absolute atomic E-state index is 0.0944. The number of nitrogens with zero attached hydrogens (tertiary/aromatic N) is 1. The highest BCUT2D eigenvalue weighted by Gasteiger charge is 2.23. The Labute approximate surface area is 124 Å². The second kappa shape index (κ2) is 7.61. The molecule has 19 heavy (non-hydrogen) atoms. The van der Waals surface area contributed by atoms with E-state index < -0.39 is 0 Å². The van der Waals surface area contributed by atoms with Gasteiger partial charge in [0, 0.05) is 23.5 Å². The van der Waals surface area contributed by atoms with Crippen molar-refractivity contribution < 1.29 is 9.90 Å². The van der Waals surface area contributed by atoms with Gasteiger partial charge in [0.05, 0.1) is 5.56 Å². The maximum absolute atomic E-state index is 12.5. The predicted octanol–water partition coefficient (Wildman–Crippen LogP) is 3.92. The molecule has 106 valence electrons. The maximum atomic E-state index is 12.5. The Morgan fingerprint density at radius 2 is 2.00 bits per heavy atom. The molecular formula is C14H19Cl2NO2. The average Bonchev–Trinajstić information content (AvgIpc) is 2.38.